The lowest BCUT2D eigenvalue weighted by Gasteiger charge is -2.36. The first kappa shape index (κ1) is 13.1. The predicted molar refractivity (Wildman–Crippen MR) is 85.5 cm³/mol. The highest BCUT2D eigenvalue weighted by Gasteiger charge is 2.39. The fourth-order valence-corrected chi connectivity index (χ4v) is 4.13. The lowest BCUT2D eigenvalue weighted by atomic mass is 9.92. The highest BCUT2D eigenvalue weighted by atomic mass is 32.1. The number of carbonyl (C=O) groups excluding carboxylic acids is 1. The van der Waals surface area contributed by atoms with Gasteiger partial charge in [0.25, 0.3) is 0 Å². The number of hydrogen-bond acceptors (Lipinski definition) is 2. The Morgan fingerprint density at radius 2 is 1.95 bits per heavy atom. The largest absolute Gasteiger partial charge is 0.331 e. The van der Waals surface area contributed by atoms with E-state index < -0.39 is 0 Å². The smallest absolute Gasteiger partial charge is 0.226 e. The van der Waals surface area contributed by atoms with E-state index in [-0.39, 0.29) is 12.0 Å². The summed E-state index contributed by atoms with van der Waals surface area (Å²) in [6.07, 6.45) is 3.16. The van der Waals surface area contributed by atoms with Crippen molar-refractivity contribution in [2.24, 2.45) is 5.92 Å². The molecule has 2 aliphatic rings. The quantitative estimate of drug-likeness (QED) is 0.822. The fraction of sp³-hybridized carbons (Fsp3) is 0.389. The number of amides is 1. The molecule has 1 aliphatic carbocycles. The second-order valence-corrected chi connectivity index (χ2v) is 7.17. The number of thiophene rings is 1. The Bertz CT molecular complexity index is 669. The van der Waals surface area contributed by atoms with Crippen LogP contribution in [0.1, 0.15) is 40.5 Å². The minimum atomic E-state index is 0.119. The average molecular weight is 297 g/mol. The van der Waals surface area contributed by atoms with Crippen LogP contribution in [0.2, 0.25) is 0 Å². The van der Waals surface area contributed by atoms with Crippen LogP contribution in [0.25, 0.3) is 0 Å². The molecule has 2 heterocycles. The van der Waals surface area contributed by atoms with Crippen molar-refractivity contribution in [3.63, 3.8) is 0 Å². The number of fused-ring (bicyclic) bond motifs is 1. The van der Waals surface area contributed by atoms with Crippen LogP contribution in [0.3, 0.4) is 0 Å². The molecule has 1 amide bonds. The van der Waals surface area contributed by atoms with Gasteiger partial charge in [0.15, 0.2) is 0 Å². The van der Waals surface area contributed by atoms with Crippen LogP contribution in [0.5, 0.6) is 0 Å². The Morgan fingerprint density at radius 3 is 2.67 bits per heavy atom. The van der Waals surface area contributed by atoms with Crippen LogP contribution < -0.4 is 0 Å². The van der Waals surface area contributed by atoms with Crippen molar-refractivity contribution >= 4 is 17.2 Å². The van der Waals surface area contributed by atoms with Gasteiger partial charge in [0.2, 0.25) is 5.91 Å². The van der Waals surface area contributed by atoms with E-state index in [1.165, 1.54) is 21.6 Å². The molecule has 0 bridgehead atoms. The van der Waals surface area contributed by atoms with E-state index in [0.29, 0.717) is 5.91 Å². The van der Waals surface area contributed by atoms with Crippen molar-refractivity contribution in [3.8, 4) is 0 Å². The number of aryl methyl sites for hydroxylation is 1. The first-order valence-electron chi connectivity index (χ1n) is 7.67. The molecule has 21 heavy (non-hydrogen) atoms. The van der Waals surface area contributed by atoms with E-state index in [9.17, 15) is 4.79 Å². The number of hydrogen-bond donors (Lipinski definition) is 0. The predicted octanol–water partition coefficient (Wildman–Crippen LogP) is 3.94. The summed E-state index contributed by atoms with van der Waals surface area (Å²) in [5.41, 5.74) is 3.85. The average Bonchev–Trinajstić information content (AvgIpc) is 3.24. The van der Waals surface area contributed by atoms with Gasteiger partial charge in [0.1, 0.15) is 0 Å². The van der Waals surface area contributed by atoms with E-state index in [4.69, 9.17) is 0 Å². The first-order valence-corrected chi connectivity index (χ1v) is 8.55. The van der Waals surface area contributed by atoms with Crippen LogP contribution in [0, 0.1) is 12.8 Å². The van der Waals surface area contributed by atoms with Gasteiger partial charge in [0, 0.05) is 17.3 Å². The summed E-state index contributed by atoms with van der Waals surface area (Å²) in [4.78, 5) is 16.2. The minimum Gasteiger partial charge on any atom is -0.331 e. The second kappa shape index (κ2) is 4.99. The molecule has 2 nitrogen and oxygen atoms in total. The van der Waals surface area contributed by atoms with E-state index in [1.807, 2.05) is 11.3 Å². The molecule has 108 valence electrons. The summed E-state index contributed by atoms with van der Waals surface area (Å²) in [5.74, 6) is 0.649. The topological polar surface area (TPSA) is 20.3 Å². The molecule has 0 radical (unpaired) electrons. The summed E-state index contributed by atoms with van der Waals surface area (Å²) in [6, 6.07) is 11.0. The maximum Gasteiger partial charge on any atom is 0.226 e. The van der Waals surface area contributed by atoms with Crippen LogP contribution in [-0.2, 0) is 11.2 Å². The lowest BCUT2D eigenvalue weighted by molar-refractivity contribution is -0.134. The Kier molecular flexibility index (Phi) is 3.11. The monoisotopic (exact) mass is 297 g/mol. The molecule has 0 spiro atoms. The van der Waals surface area contributed by atoms with Crippen LogP contribution in [-0.4, -0.2) is 17.4 Å². The highest BCUT2D eigenvalue weighted by Crippen LogP contribution is 2.41. The molecule has 1 aromatic carbocycles. The maximum absolute atomic E-state index is 12.7. The lowest BCUT2D eigenvalue weighted by Crippen LogP contribution is -2.40. The number of rotatable bonds is 2. The number of nitrogens with zero attached hydrogens (tertiary/aromatic N) is 1. The van der Waals surface area contributed by atoms with Gasteiger partial charge in [-0.05, 0) is 48.8 Å². The summed E-state index contributed by atoms with van der Waals surface area (Å²) in [5, 5.41) is 2.16. The Labute approximate surface area is 129 Å². The third kappa shape index (κ3) is 2.30. The molecule has 1 aliphatic heterocycles. The zero-order chi connectivity index (χ0) is 14.4. The Morgan fingerprint density at radius 1 is 1.19 bits per heavy atom. The van der Waals surface area contributed by atoms with Gasteiger partial charge in [-0.2, -0.15) is 0 Å². The molecule has 0 N–H and O–H groups in total. The van der Waals surface area contributed by atoms with Crippen LogP contribution >= 0.6 is 11.3 Å². The summed E-state index contributed by atoms with van der Waals surface area (Å²) < 4.78 is 0. The zero-order valence-electron chi connectivity index (χ0n) is 12.2. The summed E-state index contributed by atoms with van der Waals surface area (Å²) in [7, 11) is 0. The van der Waals surface area contributed by atoms with Crippen molar-refractivity contribution in [1.82, 2.24) is 4.90 Å². The summed E-state index contributed by atoms with van der Waals surface area (Å²) in [6.45, 7) is 2.97. The van der Waals surface area contributed by atoms with Gasteiger partial charge < -0.3 is 4.90 Å². The van der Waals surface area contributed by atoms with E-state index in [2.05, 4.69) is 47.5 Å². The minimum absolute atomic E-state index is 0.119. The maximum atomic E-state index is 12.7. The van der Waals surface area contributed by atoms with Crippen molar-refractivity contribution in [2.45, 2.75) is 32.2 Å². The van der Waals surface area contributed by atoms with E-state index in [0.717, 1.165) is 25.8 Å². The van der Waals surface area contributed by atoms with Crippen LogP contribution in [0.4, 0.5) is 0 Å². The molecule has 4 rings (SSSR count). The first-order chi connectivity index (χ1) is 10.2. The van der Waals surface area contributed by atoms with Crippen molar-refractivity contribution in [1.29, 1.82) is 0 Å². The molecule has 1 fully saturated rings. The molecule has 2 aromatic rings. The molecule has 0 saturated heterocycles. The second-order valence-electron chi connectivity index (χ2n) is 6.17. The molecular weight excluding hydrogens is 278 g/mol. The zero-order valence-corrected chi connectivity index (χ0v) is 13.0. The third-order valence-electron chi connectivity index (χ3n) is 4.57. The SMILES string of the molecule is Cc1ccc([C@H]2c3ccsc3CCN2C(=O)C2CC2)cc1. The van der Waals surface area contributed by atoms with Gasteiger partial charge in [-0.1, -0.05) is 29.8 Å². The molecule has 3 heteroatoms. The number of carbonyl (C=O) groups is 1. The number of benzene rings is 1. The molecular formula is C18H19NOS. The Hall–Kier alpha value is -1.61. The molecule has 0 unspecified atom stereocenters. The van der Waals surface area contributed by atoms with Gasteiger partial charge in [-0.25, -0.2) is 0 Å². The summed E-state index contributed by atoms with van der Waals surface area (Å²) >= 11 is 1.83. The highest BCUT2D eigenvalue weighted by molar-refractivity contribution is 7.10. The fourth-order valence-electron chi connectivity index (χ4n) is 3.23. The van der Waals surface area contributed by atoms with E-state index >= 15 is 0 Å². The van der Waals surface area contributed by atoms with Crippen LogP contribution in [0.15, 0.2) is 35.7 Å². The molecule has 1 atom stereocenters. The third-order valence-corrected chi connectivity index (χ3v) is 5.57. The Balaban J connectivity index is 1.77. The molecule has 1 saturated carbocycles. The van der Waals surface area contributed by atoms with Crippen molar-refractivity contribution < 1.29 is 4.79 Å². The van der Waals surface area contributed by atoms with Crippen molar-refractivity contribution in [2.75, 3.05) is 6.54 Å². The standard InChI is InChI=1S/C18H19NOS/c1-12-2-4-13(5-3-12)17-15-9-11-21-16(15)8-10-19(17)18(20)14-6-7-14/h2-5,9,11,14,17H,6-8,10H2,1H3/t17-/m0/s1. The van der Waals surface area contributed by atoms with Gasteiger partial charge >= 0.3 is 0 Å². The van der Waals surface area contributed by atoms with Crippen molar-refractivity contribution in [3.05, 3.63) is 57.3 Å². The van der Waals surface area contributed by atoms with Gasteiger partial charge in [0.05, 0.1) is 6.04 Å². The normalized spacial score (nSPS) is 21.2. The van der Waals surface area contributed by atoms with Gasteiger partial charge in [-0.3, -0.25) is 4.79 Å². The molecule has 1 aromatic heterocycles. The van der Waals surface area contributed by atoms with E-state index in [1.54, 1.807) is 0 Å². The van der Waals surface area contributed by atoms with Gasteiger partial charge in [-0.15, -0.1) is 11.3 Å².